The first-order chi connectivity index (χ1) is 14.8. The highest BCUT2D eigenvalue weighted by Gasteiger charge is 2.45. The van der Waals surface area contributed by atoms with Gasteiger partial charge in [-0.3, -0.25) is 9.59 Å². The molecule has 31 heavy (non-hydrogen) atoms. The van der Waals surface area contributed by atoms with E-state index in [-0.39, 0.29) is 11.3 Å². The molecule has 0 aromatic heterocycles. The third-order valence-corrected chi connectivity index (χ3v) is 5.92. The van der Waals surface area contributed by atoms with Crippen molar-refractivity contribution in [1.29, 1.82) is 0 Å². The lowest BCUT2D eigenvalue weighted by Crippen LogP contribution is -2.30. The molecule has 0 aliphatic carbocycles. The van der Waals surface area contributed by atoms with Gasteiger partial charge >= 0.3 is 0 Å². The molecule has 1 amide bonds. The molecule has 5 heteroatoms. The first kappa shape index (κ1) is 22.6. The number of aliphatic hydroxyl groups excluding tert-OH is 1. The van der Waals surface area contributed by atoms with Crippen LogP contribution in [0.15, 0.2) is 48.0 Å². The lowest BCUT2D eigenvalue weighted by Gasteiger charge is -2.26. The number of amides is 1. The number of nitrogens with zero attached hydrogens (tertiary/aromatic N) is 2. The van der Waals surface area contributed by atoms with Gasteiger partial charge in [-0.25, -0.2) is 0 Å². The zero-order chi connectivity index (χ0) is 22.7. The molecule has 3 rings (SSSR count). The van der Waals surface area contributed by atoms with E-state index in [1.54, 1.807) is 4.90 Å². The van der Waals surface area contributed by atoms with Gasteiger partial charge in [0.15, 0.2) is 0 Å². The summed E-state index contributed by atoms with van der Waals surface area (Å²) < 4.78 is 0. The minimum atomic E-state index is -0.614. The number of carbonyl (C=O) groups is 2. The van der Waals surface area contributed by atoms with Crippen LogP contribution < -0.4 is 4.90 Å². The quantitative estimate of drug-likeness (QED) is 0.297. The number of hydrogen-bond donors (Lipinski definition) is 1. The standard InChI is InChI=1S/C26H32N2O3/c1-6-7-8-15-28-23(19-11-13-20(14-12-19)27(4)5)22(25(30)26(28)31)24(29)21-16-17(2)9-10-18(21)3/h9-14,16,23,29H,6-8,15H2,1-5H3/b24-22+. The molecule has 0 bridgehead atoms. The van der Waals surface area contributed by atoms with E-state index in [4.69, 9.17) is 0 Å². The Hall–Kier alpha value is -3.08. The van der Waals surface area contributed by atoms with Crippen LogP contribution in [0.25, 0.3) is 5.76 Å². The molecule has 5 nitrogen and oxygen atoms in total. The Labute approximate surface area is 185 Å². The third kappa shape index (κ3) is 4.50. The number of benzene rings is 2. The molecule has 0 spiro atoms. The number of aliphatic hydroxyl groups is 1. The van der Waals surface area contributed by atoms with Crippen LogP contribution in [0.2, 0.25) is 0 Å². The van der Waals surface area contributed by atoms with Crippen LogP contribution in [0.5, 0.6) is 0 Å². The zero-order valence-electron chi connectivity index (χ0n) is 19.1. The molecule has 1 unspecified atom stereocenters. The Morgan fingerprint density at radius 2 is 1.71 bits per heavy atom. The van der Waals surface area contributed by atoms with Crippen molar-refractivity contribution in [3.8, 4) is 0 Å². The van der Waals surface area contributed by atoms with Crippen LogP contribution in [-0.2, 0) is 9.59 Å². The van der Waals surface area contributed by atoms with Gasteiger partial charge in [-0.2, -0.15) is 0 Å². The molecule has 1 heterocycles. The smallest absolute Gasteiger partial charge is 0.295 e. The lowest BCUT2D eigenvalue weighted by atomic mass is 9.93. The SMILES string of the molecule is CCCCCN1C(=O)C(=O)/C(=C(/O)c2cc(C)ccc2C)C1c1ccc(N(C)C)cc1. The molecule has 2 aromatic rings. The lowest BCUT2D eigenvalue weighted by molar-refractivity contribution is -0.139. The van der Waals surface area contributed by atoms with E-state index in [0.717, 1.165) is 41.6 Å². The minimum Gasteiger partial charge on any atom is -0.507 e. The molecule has 1 aliphatic rings. The largest absolute Gasteiger partial charge is 0.507 e. The van der Waals surface area contributed by atoms with Gasteiger partial charge in [0.05, 0.1) is 11.6 Å². The highest BCUT2D eigenvalue weighted by atomic mass is 16.3. The van der Waals surface area contributed by atoms with E-state index < -0.39 is 17.7 Å². The molecule has 0 radical (unpaired) electrons. The van der Waals surface area contributed by atoms with Crippen LogP contribution >= 0.6 is 0 Å². The van der Waals surface area contributed by atoms with Crippen molar-refractivity contribution in [3.05, 3.63) is 70.3 Å². The predicted molar refractivity (Wildman–Crippen MR) is 125 cm³/mol. The van der Waals surface area contributed by atoms with E-state index in [1.807, 2.05) is 75.3 Å². The Morgan fingerprint density at radius 1 is 1.03 bits per heavy atom. The summed E-state index contributed by atoms with van der Waals surface area (Å²) in [4.78, 5) is 29.7. The second-order valence-corrected chi connectivity index (χ2v) is 8.50. The van der Waals surface area contributed by atoms with Crippen molar-refractivity contribution in [2.75, 3.05) is 25.5 Å². The van der Waals surface area contributed by atoms with Gasteiger partial charge < -0.3 is 14.9 Å². The van der Waals surface area contributed by atoms with Gasteiger partial charge in [-0.15, -0.1) is 0 Å². The molecule has 1 N–H and O–H groups in total. The van der Waals surface area contributed by atoms with Crippen molar-refractivity contribution in [2.24, 2.45) is 0 Å². The Kier molecular flexibility index (Phi) is 6.84. The van der Waals surface area contributed by atoms with E-state index in [9.17, 15) is 14.7 Å². The molecule has 0 saturated carbocycles. The second-order valence-electron chi connectivity index (χ2n) is 8.50. The van der Waals surface area contributed by atoms with Crippen LogP contribution in [0.1, 0.15) is 54.5 Å². The number of hydrogen-bond acceptors (Lipinski definition) is 4. The molecule has 1 aliphatic heterocycles. The van der Waals surface area contributed by atoms with Gasteiger partial charge in [0.1, 0.15) is 5.76 Å². The number of Topliss-reactive ketones (excluding diaryl/α,β-unsaturated/α-hetero) is 1. The highest BCUT2D eigenvalue weighted by Crippen LogP contribution is 2.40. The molecule has 164 valence electrons. The number of aryl methyl sites for hydroxylation is 2. The topological polar surface area (TPSA) is 60.9 Å². The van der Waals surface area contributed by atoms with Gasteiger partial charge in [0.25, 0.3) is 11.7 Å². The van der Waals surface area contributed by atoms with Crippen LogP contribution in [0.3, 0.4) is 0 Å². The normalized spacial score (nSPS) is 18.0. The summed E-state index contributed by atoms with van der Waals surface area (Å²) in [6, 6.07) is 13.0. The number of anilines is 1. The maximum Gasteiger partial charge on any atom is 0.295 e. The van der Waals surface area contributed by atoms with E-state index >= 15 is 0 Å². The summed E-state index contributed by atoms with van der Waals surface area (Å²) in [6.45, 7) is 6.43. The van der Waals surface area contributed by atoms with E-state index in [1.165, 1.54) is 0 Å². The number of rotatable bonds is 7. The predicted octanol–water partition coefficient (Wildman–Crippen LogP) is 4.98. The van der Waals surface area contributed by atoms with Gasteiger partial charge in [-0.1, -0.05) is 49.6 Å². The Morgan fingerprint density at radius 3 is 2.32 bits per heavy atom. The Bertz CT molecular complexity index is 1010. The highest BCUT2D eigenvalue weighted by molar-refractivity contribution is 6.46. The van der Waals surface area contributed by atoms with Gasteiger partial charge in [0.2, 0.25) is 0 Å². The van der Waals surface area contributed by atoms with Crippen molar-refractivity contribution in [1.82, 2.24) is 4.90 Å². The first-order valence-corrected chi connectivity index (χ1v) is 10.9. The maximum absolute atomic E-state index is 13.1. The first-order valence-electron chi connectivity index (χ1n) is 10.9. The monoisotopic (exact) mass is 420 g/mol. The van der Waals surface area contributed by atoms with Gasteiger partial charge in [-0.05, 0) is 49.6 Å². The summed E-state index contributed by atoms with van der Waals surface area (Å²) in [5.41, 5.74) is 4.47. The summed E-state index contributed by atoms with van der Waals surface area (Å²) in [5.74, 6) is -1.25. The van der Waals surface area contributed by atoms with Crippen molar-refractivity contribution >= 4 is 23.1 Å². The summed E-state index contributed by atoms with van der Waals surface area (Å²) in [6.07, 6.45) is 2.82. The second kappa shape index (κ2) is 9.38. The fourth-order valence-corrected chi connectivity index (χ4v) is 4.08. The van der Waals surface area contributed by atoms with Crippen LogP contribution in [-0.4, -0.2) is 42.3 Å². The third-order valence-electron chi connectivity index (χ3n) is 5.92. The fourth-order valence-electron chi connectivity index (χ4n) is 4.08. The van der Waals surface area contributed by atoms with E-state index in [0.29, 0.717) is 12.1 Å². The molecular weight excluding hydrogens is 388 g/mol. The maximum atomic E-state index is 13.1. The zero-order valence-corrected chi connectivity index (χ0v) is 19.1. The molecular formula is C26H32N2O3. The molecule has 1 saturated heterocycles. The Balaban J connectivity index is 2.15. The number of ketones is 1. The molecule has 1 atom stereocenters. The van der Waals surface area contributed by atoms with Crippen LogP contribution in [0.4, 0.5) is 5.69 Å². The van der Waals surface area contributed by atoms with Crippen molar-refractivity contribution in [2.45, 2.75) is 46.1 Å². The molecule has 2 aromatic carbocycles. The average Bonchev–Trinajstić information content (AvgIpc) is 3.00. The summed E-state index contributed by atoms with van der Waals surface area (Å²) in [5, 5.41) is 11.2. The van der Waals surface area contributed by atoms with Crippen molar-refractivity contribution < 1.29 is 14.7 Å². The average molecular weight is 421 g/mol. The molecule has 1 fully saturated rings. The van der Waals surface area contributed by atoms with Crippen molar-refractivity contribution in [3.63, 3.8) is 0 Å². The fraction of sp³-hybridized carbons (Fsp3) is 0.385. The summed E-state index contributed by atoms with van der Waals surface area (Å²) >= 11 is 0. The minimum absolute atomic E-state index is 0.0979. The number of likely N-dealkylation sites (tertiary alicyclic amines) is 1. The van der Waals surface area contributed by atoms with E-state index in [2.05, 4.69) is 6.92 Å². The summed E-state index contributed by atoms with van der Waals surface area (Å²) in [7, 11) is 3.93. The number of unbranched alkanes of at least 4 members (excludes halogenated alkanes) is 2. The van der Waals surface area contributed by atoms with Crippen LogP contribution in [0, 0.1) is 13.8 Å². The van der Waals surface area contributed by atoms with Gasteiger partial charge in [0, 0.05) is 31.9 Å². The number of carbonyl (C=O) groups excluding carboxylic acids is 2.